The SMILES string of the molecule is C[C@@]1(O)[C@H](F)[C@@H](COP(=O)(O)OP(=O)(O)OP(=O)(O)O)O[C@H]1n1cnc2c(=O)[nH]c(N)nc21. The number of rotatable bonds is 8. The van der Waals surface area contributed by atoms with Gasteiger partial charge in [0, 0.05) is 0 Å². The first kappa shape index (κ1) is 26.0. The highest BCUT2D eigenvalue weighted by Gasteiger charge is 2.55. The Hall–Kier alpha value is -1.59. The normalized spacial score (nSPS) is 29.7. The lowest BCUT2D eigenvalue weighted by molar-refractivity contribution is -0.0888. The number of H-pyrrole nitrogens is 1. The Morgan fingerprint density at radius 1 is 1.27 bits per heavy atom. The maximum absolute atomic E-state index is 14.9. The van der Waals surface area contributed by atoms with E-state index in [4.69, 9.17) is 25.2 Å². The summed E-state index contributed by atoms with van der Waals surface area (Å²) in [7, 11) is -16.9. The zero-order valence-corrected chi connectivity index (χ0v) is 18.8. The van der Waals surface area contributed by atoms with Crippen molar-refractivity contribution in [3.05, 3.63) is 16.7 Å². The Balaban J connectivity index is 1.78. The van der Waals surface area contributed by atoms with E-state index in [0.717, 1.165) is 17.8 Å². The number of nitrogens with one attached hydrogen (secondary N) is 1. The van der Waals surface area contributed by atoms with Crippen LogP contribution in [0.4, 0.5) is 10.3 Å². The Morgan fingerprint density at radius 2 is 1.91 bits per heavy atom. The number of halogens is 1. The maximum Gasteiger partial charge on any atom is 0.490 e. The molecule has 1 aliphatic heterocycles. The van der Waals surface area contributed by atoms with Gasteiger partial charge in [0.05, 0.1) is 12.9 Å². The molecule has 0 bridgehead atoms. The fourth-order valence-corrected chi connectivity index (χ4v) is 5.97. The molecule has 33 heavy (non-hydrogen) atoms. The molecule has 2 aromatic rings. The van der Waals surface area contributed by atoms with Crippen LogP contribution in [-0.4, -0.2) is 68.7 Å². The maximum atomic E-state index is 14.9. The standard InChI is InChI=1S/C11H17FN5O13P3/c1-11(19)6(12)4(2-27-32(23,24)30-33(25,26)29-31(20,21)22)28-9(11)17-3-14-5-7(17)15-10(13)16-8(5)18/h3-4,6,9,19H,2H2,1H3,(H,23,24)(H,25,26)(H2,20,21,22)(H3,13,15,16,18)/t4-,6-,9-,11-/m1/s1. The zero-order chi connectivity index (χ0) is 25.0. The van der Waals surface area contributed by atoms with Crippen molar-refractivity contribution in [2.45, 2.75) is 31.0 Å². The van der Waals surface area contributed by atoms with Gasteiger partial charge in [0.1, 0.15) is 11.7 Å². The van der Waals surface area contributed by atoms with Gasteiger partial charge in [-0.3, -0.25) is 18.9 Å². The van der Waals surface area contributed by atoms with E-state index in [1.807, 2.05) is 0 Å². The number of nitrogens with zero attached hydrogens (tertiary/aromatic N) is 3. The number of anilines is 1. The first-order valence-electron chi connectivity index (χ1n) is 8.44. The van der Waals surface area contributed by atoms with E-state index in [1.165, 1.54) is 0 Å². The molecule has 3 heterocycles. The van der Waals surface area contributed by atoms with Crippen LogP contribution in [0.3, 0.4) is 0 Å². The summed E-state index contributed by atoms with van der Waals surface area (Å²) < 4.78 is 66.4. The number of alkyl halides is 1. The van der Waals surface area contributed by atoms with Crippen LogP contribution in [0, 0.1) is 0 Å². The largest absolute Gasteiger partial charge is 0.490 e. The Morgan fingerprint density at radius 3 is 2.52 bits per heavy atom. The number of fused-ring (bicyclic) bond motifs is 1. The van der Waals surface area contributed by atoms with Crippen LogP contribution < -0.4 is 11.3 Å². The molecule has 2 aromatic heterocycles. The van der Waals surface area contributed by atoms with Gasteiger partial charge in [0.15, 0.2) is 23.6 Å². The molecule has 186 valence electrons. The first-order valence-corrected chi connectivity index (χ1v) is 13.0. The number of aromatic nitrogens is 4. The van der Waals surface area contributed by atoms with E-state index >= 15 is 0 Å². The van der Waals surface area contributed by atoms with Gasteiger partial charge in [0.25, 0.3) is 5.56 Å². The number of phosphoric ester groups is 1. The molecule has 6 atom stereocenters. The third-order valence-electron chi connectivity index (χ3n) is 4.21. The molecule has 1 fully saturated rings. The number of hydrogen-bond donors (Lipinski definition) is 7. The van der Waals surface area contributed by atoms with Crippen molar-refractivity contribution in [1.82, 2.24) is 19.5 Å². The number of nitrogen functional groups attached to an aromatic ring is 1. The summed E-state index contributed by atoms with van der Waals surface area (Å²) >= 11 is 0. The fraction of sp³-hybridized carbons (Fsp3) is 0.545. The van der Waals surface area contributed by atoms with Crippen molar-refractivity contribution in [2.24, 2.45) is 0 Å². The molecule has 2 unspecified atom stereocenters. The van der Waals surface area contributed by atoms with E-state index in [0.29, 0.717) is 0 Å². The highest BCUT2D eigenvalue weighted by molar-refractivity contribution is 7.66. The molecule has 0 saturated carbocycles. The predicted octanol–water partition coefficient (Wildman–Crippen LogP) is -0.968. The van der Waals surface area contributed by atoms with Crippen molar-refractivity contribution in [1.29, 1.82) is 0 Å². The second-order valence-corrected chi connectivity index (χ2v) is 11.2. The third kappa shape index (κ3) is 5.74. The molecular weight excluding hydrogens is 522 g/mol. The molecule has 1 saturated heterocycles. The minimum absolute atomic E-state index is 0.178. The molecular formula is C11H17FN5O13P3. The van der Waals surface area contributed by atoms with E-state index in [-0.39, 0.29) is 17.1 Å². The molecule has 3 rings (SSSR count). The van der Waals surface area contributed by atoms with E-state index in [1.54, 1.807) is 0 Å². The Kier molecular flexibility index (Phi) is 6.76. The zero-order valence-electron chi connectivity index (χ0n) is 16.2. The van der Waals surface area contributed by atoms with Crippen molar-refractivity contribution in [3.8, 4) is 0 Å². The quantitative estimate of drug-likeness (QED) is 0.199. The number of aliphatic hydroxyl groups is 1. The average Bonchev–Trinajstić information content (AvgIpc) is 3.10. The van der Waals surface area contributed by atoms with Crippen LogP contribution in [0.5, 0.6) is 0 Å². The van der Waals surface area contributed by atoms with Crippen molar-refractivity contribution >= 4 is 40.6 Å². The fourth-order valence-electron chi connectivity index (χ4n) is 2.94. The molecule has 0 radical (unpaired) electrons. The number of ether oxygens (including phenoxy) is 1. The summed E-state index contributed by atoms with van der Waals surface area (Å²) in [5.41, 5.74) is 2.02. The second-order valence-electron chi connectivity index (χ2n) is 6.82. The monoisotopic (exact) mass is 539 g/mol. The lowest BCUT2D eigenvalue weighted by atomic mass is 9.98. The van der Waals surface area contributed by atoms with Crippen molar-refractivity contribution in [3.63, 3.8) is 0 Å². The van der Waals surface area contributed by atoms with Gasteiger partial charge < -0.3 is 35.2 Å². The van der Waals surface area contributed by atoms with Gasteiger partial charge in [-0.2, -0.15) is 13.6 Å². The summed E-state index contributed by atoms with van der Waals surface area (Å²) in [6.45, 7) is -0.157. The topological polar surface area (TPSA) is 279 Å². The minimum Gasteiger partial charge on any atom is -0.382 e. The number of phosphoric acid groups is 3. The van der Waals surface area contributed by atoms with Crippen LogP contribution in [-0.2, 0) is 31.6 Å². The Bertz CT molecular complexity index is 1260. The van der Waals surface area contributed by atoms with Crippen molar-refractivity contribution < 1.29 is 60.6 Å². The molecule has 22 heteroatoms. The first-order chi connectivity index (χ1) is 14.9. The third-order valence-corrected chi connectivity index (χ3v) is 8.01. The van der Waals surface area contributed by atoms with E-state index in [2.05, 4.69) is 28.1 Å². The van der Waals surface area contributed by atoms with Crippen LogP contribution in [0.25, 0.3) is 11.2 Å². The molecule has 1 aliphatic rings. The average molecular weight is 539 g/mol. The predicted molar refractivity (Wildman–Crippen MR) is 102 cm³/mol. The van der Waals surface area contributed by atoms with Crippen LogP contribution in [0.1, 0.15) is 13.2 Å². The number of imidazole rings is 1. The van der Waals surface area contributed by atoms with Crippen molar-refractivity contribution in [2.75, 3.05) is 12.3 Å². The highest BCUT2D eigenvalue weighted by Crippen LogP contribution is 2.66. The van der Waals surface area contributed by atoms with Gasteiger partial charge in [-0.05, 0) is 6.92 Å². The molecule has 0 aliphatic carbocycles. The molecule has 18 nitrogen and oxygen atoms in total. The minimum atomic E-state index is -5.78. The summed E-state index contributed by atoms with van der Waals surface area (Å²) in [5, 5.41) is 10.6. The van der Waals surface area contributed by atoms with Crippen LogP contribution >= 0.6 is 23.5 Å². The Labute approximate surface area is 181 Å². The number of hydrogen-bond acceptors (Lipinski definition) is 12. The van der Waals surface area contributed by atoms with Gasteiger partial charge in [-0.15, -0.1) is 0 Å². The molecule has 0 aromatic carbocycles. The summed E-state index contributed by atoms with van der Waals surface area (Å²) in [4.78, 5) is 57.4. The van der Waals surface area contributed by atoms with Crippen LogP contribution in [0.15, 0.2) is 11.1 Å². The summed E-state index contributed by atoms with van der Waals surface area (Å²) in [5.74, 6) is -0.312. The number of nitrogens with two attached hydrogens (primary N) is 1. The molecule has 0 spiro atoms. The lowest BCUT2D eigenvalue weighted by Gasteiger charge is -2.26. The van der Waals surface area contributed by atoms with E-state index < -0.39 is 59.7 Å². The highest BCUT2D eigenvalue weighted by atomic mass is 31.3. The van der Waals surface area contributed by atoms with Gasteiger partial charge in [-0.25, -0.2) is 23.1 Å². The lowest BCUT2D eigenvalue weighted by Crippen LogP contribution is -2.41. The summed E-state index contributed by atoms with van der Waals surface area (Å²) in [6, 6.07) is 0. The van der Waals surface area contributed by atoms with Gasteiger partial charge >= 0.3 is 23.5 Å². The number of aromatic amines is 1. The molecule has 0 amide bonds. The smallest absolute Gasteiger partial charge is 0.382 e. The van der Waals surface area contributed by atoms with Gasteiger partial charge in [0.2, 0.25) is 5.95 Å². The summed E-state index contributed by atoms with van der Waals surface area (Å²) in [6.07, 6.45) is -4.68. The van der Waals surface area contributed by atoms with Crippen LogP contribution in [0.2, 0.25) is 0 Å². The van der Waals surface area contributed by atoms with Gasteiger partial charge in [-0.1, -0.05) is 0 Å². The van der Waals surface area contributed by atoms with E-state index in [9.17, 15) is 32.9 Å². The molecule has 8 N–H and O–H groups in total. The second kappa shape index (κ2) is 8.57.